The van der Waals surface area contributed by atoms with Crippen molar-refractivity contribution in [2.45, 2.75) is 64.4 Å². The van der Waals surface area contributed by atoms with Crippen LogP contribution in [-0.4, -0.2) is 41.8 Å². The molecule has 1 aromatic rings. The summed E-state index contributed by atoms with van der Waals surface area (Å²) < 4.78 is 5.74. The van der Waals surface area contributed by atoms with Gasteiger partial charge in [0.1, 0.15) is 0 Å². The van der Waals surface area contributed by atoms with E-state index in [4.69, 9.17) is 4.74 Å². The Balaban J connectivity index is 1.21. The van der Waals surface area contributed by atoms with Gasteiger partial charge in [0, 0.05) is 18.5 Å². The molecule has 2 unspecified atom stereocenters. The Morgan fingerprint density at radius 1 is 1.13 bits per heavy atom. The fourth-order valence-electron chi connectivity index (χ4n) is 7.08. The second-order valence-corrected chi connectivity index (χ2v) is 11.2. The number of thiophene rings is 1. The van der Waals surface area contributed by atoms with Gasteiger partial charge in [-0.15, -0.1) is 11.3 Å². The number of amides is 1. The highest BCUT2D eigenvalue weighted by Crippen LogP contribution is 2.60. The van der Waals surface area contributed by atoms with Gasteiger partial charge in [-0.2, -0.15) is 0 Å². The molecule has 4 bridgehead atoms. The van der Waals surface area contributed by atoms with E-state index in [0.717, 1.165) is 25.7 Å². The number of hydrogen-bond acceptors (Lipinski definition) is 5. The molecule has 2 atom stereocenters. The average molecular weight is 430 g/mol. The highest BCUT2D eigenvalue weighted by molar-refractivity contribution is 7.12. The van der Waals surface area contributed by atoms with Crippen LogP contribution in [0.25, 0.3) is 0 Å². The minimum absolute atomic E-state index is 0.0137. The summed E-state index contributed by atoms with van der Waals surface area (Å²) in [5.41, 5.74) is -0.248. The van der Waals surface area contributed by atoms with Crippen molar-refractivity contribution < 1.29 is 19.1 Å². The molecule has 5 aliphatic rings. The van der Waals surface area contributed by atoms with Gasteiger partial charge in [-0.1, -0.05) is 6.07 Å². The van der Waals surface area contributed by atoms with Crippen LogP contribution in [0.15, 0.2) is 17.5 Å². The predicted octanol–water partition coefficient (Wildman–Crippen LogP) is 4.32. The van der Waals surface area contributed by atoms with Crippen LogP contribution < -0.4 is 0 Å². The number of piperidine rings is 1. The van der Waals surface area contributed by atoms with Crippen LogP contribution in [0.2, 0.25) is 0 Å². The van der Waals surface area contributed by atoms with Crippen molar-refractivity contribution >= 4 is 29.0 Å². The summed E-state index contributed by atoms with van der Waals surface area (Å²) in [5, 5.41) is 1.89. The van der Waals surface area contributed by atoms with Crippen LogP contribution in [0.1, 0.15) is 68.0 Å². The van der Waals surface area contributed by atoms with E-state index in [9.17, 15) is 14.4 Å². The van der Waals surface area contributed by atoms with Gasteiger partial charge < -0.3 is 9.64 Å². The lowest BCUT2D eigenvalue weighted by Crippen LogP contribution is -2.53. The van der Waals surface area contributed by atoms with Crippen molar-refractivity contribution in [2.75, 3.05) is 13.1 Å². The highest BCUT2D eigenvalue weighted by Gasteiger charge is 2.55. The van der Waals surface area contributed by atoms with E-state index in [0.29, 0.717) is 42.1 Å². The van der Waals surface area contributed by atoms with Crippen molar-refractivity contribution in [3.8, 4) is 0 Å². The molecule has 5 fully saturated rings. The lowest BCUT2D eigenvalue weighted by atomic mass is 9.48. The molecule has 5 nitrogen and oxygen atoms in total. The first-order valence-electron chi connectivity index (χ1n) is 11.5. The van der Waals surface area contributed by atoms with Crippen molar-refractivity contribution in [2.24, 2.45) is 29.1 Å². The molecule has 162 valence electrons. The lowest BCUT2D eigenvalue weighted by Gasteiger charge is -2.56. The van der Waals surface area contributed by atoms with Crippen LogP contribution in [0.5, 0.6) is 0 Å². The molecule has 4 aliphatic carbocycles. The Bertz CT molecular complexity index is 797. The third kappa shape index (κ3) is 3.61. The lowest BCUT2D eigenvalue weighted by molar-refractivity contribution is -0.168. The summed E-state index contributed by atoms with van der Waals surface area (Å²) in [6.45, 7) is 2.81. The van der Waals surface area contributed by atoms with Crippen LogP contribution >= 0.6 is 11.3 Å². The SMILES string of the molecule is CC(OC(=O)C1CCCN(C(=O)c2cccs2)C1)C(=O)C12CC3CC(CC(C3)C1)C2. The van der Waals surface area contributed by atoms with Gasteiger partial charge in [-0.25, -0.2) is 0 Å². The maximum Gasteiger partial charge on any atom is 0.311 e. The average Bonchev–Trinajstić information content (AvgIpc) is 3.26. The number of carbonyl (C=O) groups excluding carboxylic acids is 3. The molecule has 0 N–H and O–H groups in total. The molecular formula is C24H31NO4S. The molecular weight excluding hydrogens is 398 g/mol. The number of ether oxygens (including phenoxy) is 1. The monoisotopic (exact) mass is 429 g/mol. The van der Waals surface area contributed by atoms with E-state index in [-0.39, 0.29) is 29.0 Å². The molecule has 1 amide bonds. The number of ketones is 1. The van der Waals surface area contributed by atoms with Gasteiger partial charge in [0.2, 0.25) is 0 Å². The van der Waals surface area contributed by atoms with E-state index < -0.39 is 6.10 Å². The Morgan fingerprint density at radius 2 is 1.80 bits per heavy atom. The van der Waals surface area contributed by atoms with Gasteiger partial charge in [0.25, 0.3) is 5.91 Å². The fraction of sp³-hybridized carbons (Fsp3) is 0.708. The normalized spacial score (nSPS) is 35.8. The minimum Gasteiger partial charge on any atom is -0.454 e. The molecule has 1 aliphatic heterocycles. The summed E-state index contributed by atoms with van der Waals surface area (Å²) in [6, 6.07) is 3.69. The number of Topliss-reactive ketones (excluding diaryl/α,β-unsaturated/α-hetero) is 1. The quantitative estimate of drug-likeness (QED) is 0.654. The Hall–Kier alpha value is -1.69. The first kappa shape index (κ1) is 20.2. The van der Waals surface area contributed by atoms with E-state index >= 15 is 0 Å². The van der Waals surface area contributed by atoms with Gasteiger partial charge in [-0.05, 0) is 87.5 Å². The Labute approximate surface area is 182 Å². The zero-order chi connectivity index (χ0) is 20.9. The van der Waals surface area contributed by atoms with Crippen LogP contribution in [0.3, 0.4) is 0 Å². The van der Waals surface area contributed by atoms with Crippen LogP contribution in [0.4, 0.5) is 0 Å². The Kier molecular flexibility index (Phi) is 5.24. The third-order valence-electron chi connectivity index (χ3n) is 8.00. The number of nitrogens with zero attached hydrogens (tertiary/aromatic N) is 1. The molecule has 6 heteroatoms. The second kappa shape index (κ2) is 7.77. The Morgan fingerprint density at radius 3 is 2.40 bits per heavy atom. The van der Waals surface area contributed by atoms with E-state index in [1.807, 2.05) is 17.5 Å². The molecule has 0 spiro atoms. The predicted molar refractivity (Wildman–Crippen MR) is 114 cm³/mol. The van der Waals surface area contributed by atoms with Gasteiger partial charge >= 0.3 is 5.97 Å². The number of hydrogen-bond donors (Lipinski definition) is 0. The number of carbonyl (C=O) groups is 3. The summed E-state index contributed by atoms with van der Waals surface area (Å²) in [4.78, 5) is 41.4. The molecule has 4 saturated carbocycles. The molecule has 0 aromatic carbocycles. The summed E-state index contributed by atoms with van der Waals surface area (Å²) >= 11 is 1.42. The molecule has 1 aromatic heterocycles. The molecule has 6 rings (SSSR count). The van der Waals surface area contributed by atoms with Gasteiger partial charge in [-0.3, -0.25) is 14.4 Å². The fourth-order valence-corrected chi connectivity index (χ4v) is 7.77. The van der Waals surface area contributed by atoms with Crippen molar-refractivity contribution in [1.29, 1.82) is 0 Å². The number of likely N-dealkylation sites (tertiary alicyclic amines) is 1. The smallest absolute Gasteiger partial charge is 0.311 e. The van der Waals surface area contributed by atoms with Crippen molar-refractivity contribution in [1.82, 2.24) is 4.90 Å². The zero-order valence-corrected chi connectivity index (χ0v) is 18.5. The second-order valence-electron chi connectivity index (χ2n) is 10.2. The molecule has 2 heterocycles. The van der Waals surface area contributed by atoms with Crippen molar-refractivity contribution in [3.63, 3.8) is 0 Å². The summed E-state index contributed by atoms with van der Waals surface area (Å²) in [6.07, 6.45) is 7.66. The summed E-state index contributed by atoms with van der Waals surface area (Å²) in [5.74, 6) is 1.56. The van der Waals surface area contributed by atoms with E-state index in [1.165, 1.54) is 30.6 Å². The topological polar surface area (TPSA) is 63.7 Å². The molecule has 1 saturated heterocycles. The largest absolute Gasteiger partial charge is 0.454 e. The number of rotatable bonds is 5. The van der Waals surface area contributed by atoms with E-state index in [1.54, 1.807) is 11.8 Å². The zero-order valence-electron chi connectivity index (χ0n) is 17.7. The van der Waals surface area contributed by atoms with E-state index in [2.05, 4.69) is 0 Å². The van der Waals surface area contributed by atoms with Gasteiger partial charge in [0.15, 0.2) is 11.9 Å². The van der Waals surface area contributed by atoms with Gasteiger partial charge in [0.05, 0.1) is 10.8 Å². The first-order valence-corrected chi connectivity index (χ1v) is 12.4. The minimum atomic E-state index is -0.683. The standard InChI is InChI=1S/C24H31NO4S/c1-15(21(26)24-11-16-8-17(12-24)10-18(9-16)13-24)29-23(28)19-4-2-6-25(14-19)22(27)20-5-3-7-30-20/h3,5,7,15-19H,2,4,6,8-14H2,1H3. The third-order valence-corrected chi connectivity index (χ3v) is 8.85. The first-order chi connectivity index (χ1) is 14.4. The highest BCUT2D eigenvalue weighted by atomic mass is 32.1. The summed E-state index contributed by atoms with van der Waals surface area (Å²) in [7, 11) is 0. The number of esters is 1. The molecule has 30 heavy (non-hydrogen) atoms. The van der Waals surface area contributed by atoms with Crippen LogP contribution in [-0.2, 0) is 14.3 Å². The van der Waals surface area contributed by atoms with Crippen LogP contribution in [0, 0.1) is 29.1 Å². The van der Waals surface area contributed by atoms with Crippen molar-refractivity contribution in [3.05, 3.63) is 22.4 Å². The maximum atomic E-state index is 13.4. The molecule has 0 radical (unpaired) electrons. The maximum absolute atomic E-state index is 13.4.